The van der Waals surface area contributed by atoms with Gasteiger partial charge < -0.3 is 0 Å². The largest absolute Gasteiger partial charge is 0.0622 e. The number of benzene rings is 11. The van der Waals surface area contributed by atoms with Crippen LogP contribution in [0.25, 0.3) is 110 Å². The van der Waals surface area contributed by atoms with Crippen molar-refractivity contribution in [2.75, 3.05) is 0 Å². The highest BCUT2D eigenvalue weighted by Crippen LogP contribution is 2.56. The molecule has 0 nitrogen and oxygen atoms in total. The van der Waals surface area contributed by atoms with Gasteiger partial charge in [0.2, 0.25) is 0 Å². The van der Waals surface area contributed by atoms with E-state index in [1.807, 2.05) is 0 Å². The Morgan fingerprint density at radius 3 is 1.14 bits per heavy atom. The van der Waals surface area contributed by atoms with Gasteiger partial charge in [-0.1, -0.05) is 205 Å². The Morgan fingerprint density at radius 1 is 0.217 bits per heavy atom. The fraction of sp³-hybridized carbons (Fsp3) is 0.130. The summed E-state index contributed by atoms with van der Waals surface area (Å²) in [5.74, 6) is 0. The van der Waals surface area contributed by atoms with E-state index in [1.165, 1.54) is 144 Å². The monoisotopic (exact) mass is 880 g/mol. The highest BCUT2D eigenvalue weighted by molar-refractivity contribution is 6.23. The molecule has 0 spiro atoms. The summed E-state index contributed by atoms with van der Waals surface area (Å²) in [6.45, 7) is 14.4. The van der Waals surface area contributed by atoms with Crippen LogP contribution in [0.2, 0.25) is 0 Å². The van der Waals surface area contributed by atoms with Gasteiger partial charge in [0.1, 0.15) is 0 Å². The summed E-state index contributed by atoms with van der Waals surface area (Å²) in [5, 5.41) is 7.64. The highest BCUT2D eigenvalue weighted by atomic mass is 14.4. The zero-order chi connectivity index (χ0) is 46.6. The summed E-state index contributed by atoms with van der Waals surface area (Å²) >= 11 is 0. The number of rotatable bonds is 4. The first-order chi connectivity index (χ1) is 33.5. The van der Waals surface area contributed by atoms with Crippen LogP contribution in [-0.2, 0) is 16.2 Å². The fourth-order valence-corrected chi connectivity index (χ4v) is 13.2. The molecule has 0 heterocycles. The molecular formula is C69H52. The van der Waals surface area contributed by atoms with Crippen molar-refractivity contribution in [1.29, 1.82) is 0 Å². The fourth-order valence-electron chi connectivity index (χ4n) is 13.2. The molecule has 11 aromatic carbocycles. The molecule has 0 aromatic heterocycles. The van der Waals surface area contributed by atoms with Crippen LogP contribution >= 0.6 is 0 Å². The van der Waals surface area contributed by atoms with Crippen LogP contribution in [-0.4, -0.2) is 0 Å². The quantitative estimate of drug-likeness (QED) is 0.155. The maximum Gasteiger partial charge on any atom is 0.0159 e. The molecule has 3 aliphatic carbocycles. The van der Waals surface area contributed by atoms with E-state index in [9.17, 15) is 0 Å². The molecule has 0 fully saturated rings. The maximum atomic E-state index is 2.59. The minimum absolute atomic E-state index is 0.127. The third kappa shape index (κ3) is 5.64. The smallest absolute Gasteiger partial charge is 0.0159 e. The average molecular weight is 881 g/mol. The first-order valence-corrected chi connectivity index (χ1v) is 24.7. The molecule has 0 saturated carbocycles. The van der Waals surface area contributed by atoms with Crippen LogP contribution in [0.4, 0.5) is 0 Å². The lowest BCUT2D eigenvalue weighted by Crippen LogP contribution is -2.15. The second-order valence-electron chi connectivity index (χ2n) is 21.6. The number of hydrogen-bond acceptors (Lipinski definition) is 0. The van der Waals surface area contributed by atoms with Crippen molar-refractivity contribution in [3.8, 4) is 77.9 Å². The molecule has 0 heteroatoms. The van der Waals surface area contributed by atoms with E-state index >= 15 is 0 Å². The molecule has 69 heavy (non-hydrogen) atoms. The first kappa shape index (κ1) is 40.3. The van der Waals surface area contributed by atoms with Gasteiger partial charge in [-0.15, -0.1) is 0 Å². The van der Waals surface area contributed by atoms with E-state index in [0.717, 1.165) is 0 Å². The van der Waals surface area contributed by atoms with Crippen molar-refractivity contribution < 1.29 is 0 Å². The zero-order valence-corrected chi connectivity index (χ0v) is 40.1. The first-order valence-electron chi connectivity index (χ1n) is 24.7. The Balaban J connectivity index is 1.07. The minimum atomic E-state index is -0.162. The van der Waals surface area contributed by atoms with E-state index in [2.05, 4.69) is 248 Å². The Bertz CT molecular complexity index is 4020. The molecule has 0 radical (unpaired) electrons. The molecule has 0 saturated heterocycles. The summed E-state index contributed by atoms with van der Waals surface area (Å²) in [6.07, 6.45) is 0. The lowest BCUT2D eigenvalue weighted by atomic mass is 9.77. The average Bonchev–Trinajstić information content (AvgIpc) is 3.86. The van der Waals surface area contributed by atoms with Crippen molar-refractivity contribution in [2.24, 2.45) is 0 Å². The van der Waals surface area contributed by atoms with Crippen molar-refractivity contribution in [3.63, 3.8) is 0 Å². The van der Waals surface area contributed by atoms with Gasteiger partial charge in [0.05, 0.1) is 0 Å². The van der Waals surface area contributed by atoms with Crippen LogP contribution in [0.15, 0.2) is 206 Å². The molecule has 3 aliphatic rings. The summed E-state index contributed by atoms with van der Waals surface area (Å²) in [7, 11) is 0. The predicted octanol–water partition coefficient (Wildman–Crippen LogP) is 18.7. The van der Waals surface area contributed by atoms with Gasteiger partial charge in [0, 0.05) is 16.2 Å². The molecule has 14 rings (SSSR count). The van der Waals surface area contributed by atoms with Gasteiger partial charge in [-0.05, 0) is 186 Å². The Kier molecular flexibility index (Phi) is 8.25. The topological polar surface area (TPSA) is 0 Å². The third-order valence-corrected chi connectivity index (χ3v) is 16.8. The van der Waals surface area contributed by atoms with Gasteiger partial charge in [-0.2, -0.15) is 0 Å². The second kappa shape index (κ2) is 14.1. The van der Waals surface area contributed by atoms with Crippen LogP contribution in [0.1, 0.15) is 74.9 Å². The van der Waals surface area contributed by atoms with Crippen molar-refractivity contribution >= 4 is 32.3 Å². The maximum absolute atomic E-state index is 2.59. The summed E-state index contributed by atoms with van der Waals surface area (Å²) in [6, 6.07) is 78.9. The van der Waals surface area contributed by atoms with Crippen molar-refractivity contribution in [1.82, 2.24) is 0 Å². The molecule has 11 aromatic rings. The van der Waals surface area contributed by atoms with E-state index in [0.29, 0.717) is 0 Å². The zero-order valence-electron chi connectivity index (χ0n) is 40.1. The minimum Gasteiger partial charge on any atom is -0.0622 e. The van der Waals surface area contributed by atoms with Crippen molar-refractivity contribution in [3.05, 3.63) is 240 Å². The van der Waals surface area contributed by atoms with Crippen LogP contribution in [0.5, 0.6) is 0 Å². The van der Waals surface area contributed by atoms with E-state index in [-0.39, 0.29) is 16.2 Å². The van der Waals surface area contributed by atoms with Gasteiger partial charge >= 0.3 is 0 Å². The van der Waals surface area contributed by atoms with E-state index < -0.39 is 0 Å². The van der Waals surface area contributed by atoms with E-state index in [1.54, 1.807) is 0 Å². The normalized spacial score (nSPS) is 15.2. The summed E-state index contributed by atoms with van der Waals surface area (Å²) in [5.41, 5.74) is 26.1. The number of hydrogen-bond donors (Lipinski definition) is 0. The molecule has 0 N–H and O–H groups in total. The molecule has 0 atom stereocenters. The Labute approximate surface area is 405 Å². The Morgan fingerprint density at radius 2 is 0.594 bits per heavy atom. The second-order valence-corrected chi connectivity index (χ2v) is 21.6. The number of fused-ring (bicyclic) bond motifs is 12. The van der Waals surface area contributed by atoms with Gasteiger partial charge in [-0.25, -0.2) is 0 Å². The van der Waals surface area contributed by atoms with Crippen LogP contribution < -0.4 is 0 Å². The summed E-state index contributed by atoms with van der Waals surface area (Å²) < 4.78 is 0. The van der Waals surface area contributed by atoms with Crippen LogP contribution in [0, 0.1) is 0 Å². The van der Waals surface area contributed by atoms with Crippen molar-refractivity contribution in [2.45, 2.75) is 57.8 Å². The molecule has 0 unspecified atom stereocenters. The third-order valence-electron chi connectivity index (χ3n) is 16.8. The lowest BCUT2D eigenvalue weighted by Gasteiger charge is -2.26. The highest BCUT2D eigenvalue weighted by Gasteiger charge is 2.39. The molecule has 0 amide bonds. The molecule has 0 aliphatic heterocycles. The van der Waals surface area contributed by atoms with Gasteiger partial charge in [-0.3, -0.25) is 0 Å². The van der Waals surface area contributed by atoms with Crippen LogP contribution in [0.3, 0.4) is 0 Å². The molecule has 328 valence electrons. The Hall–Kier alpha value is -7.80. The predicted molar refractivity (Wildman–Crippen MR) is 293 cm³/mol. The standard InChI is InChI=1S/C69H52/c1-67(2)59-21-13-10-18-49(59)52-31-29-47(37-62(52)67)65-54-33-28-46(45-27-26-43-34-42(24-25-44(43)35-45)41-16-8-7-9-17-41)36-56(54)66(48-30-32-53-50-19-11-14-22-60(50)68(3,4)63(53)38-48)58-40-64-55(39-57(58)65)51-20-12-15-23-61(51)69(64,5)6/h7-40H,1-6H3. The van der Waals surface area contributed by atoms with Gasteiger partial charge in [0.15, 0.2) is 0 Å². The summed E-state index contributed by atoms with van der Waals surface area (Å²) in [4.78, 5) is 0. The molecular weight excluding hydrogens is 829 g/mol. The van der Waals surface area contributed by atoms with E-state index in [4.69, 9.17) is 0 Å². The lowest BCUT2D eigenvalue weighted by molar-refractivity contribution is 0.660. The molecule has 0 bridgehead atoms. The van der Waals surface area contributed by atoms with Gasteiger partial charge in [0.25, 0.3) is 0 Å². The SMILES string of the molecule is CC1(C)c2ccccc2-c2ccc(-c3c4ccc(-c5ccc6cc(-c7ccccc7)ccc6c5)cc4c(-c4ccc5c(c4)C(C)(C)c4ccccc4-5)c4cc5c(cc34)-c3ccccc3C5(C)C)cc21.